The van der Waals surface area contributed by atoms with E-state index in [9.17, 15) is 18.8 Å². The number of anilines is 1. The molecule has 0 aliphatic carbocycles. The van der Waals surface area contributed by atoms with E-state index in [-0.39, 0.29) is 34.2 Å². The highest BCUT2D eigenvalue weighted by Crippen LogP contribution is 2.43. The van der Waals surface area contributed by atoms with Crippen molar-refractivity contribution < 1.29 is 28.2 Å². The lowest BCUT2D eigenvalue weighted by atomic mass is 10.0. The summed E-state index contributed by atoms with van der Waals surface area (Å²) < 4.78 is 24.0. The molecule has 1 aromatic carbocycles. The van der Waals surface area contributed by atoms with Crippen LogP contribution in [0.1, 0.15) is 17.4 Å². The van der Waals surface area contributed by atoms with Gasteiger partial charge in [-0.3, -0.25) is 4.79 Å². The Hall–Kier alpha value is -2.91. The summed E-state index contributed by atoms with van der Waals surface area (Å²) in [6.07, 6.45) is -1.05. The predicted molar refractivity (Wildman–Crippen MR) is 97.7 cm³/mol. The lowest BCUT2D eigenvalue weighted by molar-refractivity contribution is -0.112. The van der Waals surface area contributed by atoms with Crippen molar-refractivity contribution in [3.8, 4) is 0 Å². The first-order valence-corrected chi connectivity index (χ1v) is 8.87. The summed E-state index contributed by atoms with van der Waals surface area (Å²) in [5.41, 5.74) is 5.12. The zero-order valence-electron chi connectivity index (χ0n) is 13.8. The van der Waals surface area contributed by atoms with Gasteiger partial charge in [0.2, 0.25) is 0 Å². The molecule has 0 spiro atoms. The molecule has 1 aliphatic rings. The minimum atomic E-state index is -1.08. The van der Waals surface area contributed by atoms with Crippen molar-refractivity contribution in [2.24, 2.45) is 5.73 Å². The van der Waals surface area contributed by atoms with Crippen LogP contribution in [0.2, 0.25) is 5.02 Å². The van der Waals surface area contributed by atoms with Crippen LogP contribution >= 0.6 is 22.9 Å². The second-order valence-electron chi connectivity index (χ2n) is 5.23. The third-order valence-electron chi connectivity index (χ3n) is 3.61. The number of nitrogens with zero attached hydrogens (tertiary/aromatic N) is 1. The molecule has 1 aliphatic heterocycles. The van der Waals surface area contributed by atoms with Crippen molar-refractivity contribution in [1.29, 1.82) is 0 Å². The molecular formula is C17H12ClFN2O5S. The lowest BCUT2D eigenvalue weighted by Crippen LogP contribution is -2.38. The van der Waals surface area contributed by atoms with E-state index < -0.39 is 23.9 Å². The van der Waals surface area contributed by atoms with E-state index in [1.165, 1.54) is 11.3 Å². The van der Waals surface area contributed by atoms with Crippen molar-refractivity contribution in [1.82, 2.24) is 0 Å². The molecule has 2 aromatic rings. The van der Waals surface area contributed by atoms with Crippen molar-refractivity contribution in [2.75, 3.05) is 11.5 Å². The first kappa shape index (κ1) is 18.9. The van der Waals surface area contributed by atoms with Crippen LogP contribution in [0.4, 0.5) is 19.7 Å². The summed E-state index contributed by atoms with van der Waals surface area (Å²) in [5, 5.41) is 1.40. The Morgan fingerprint density at radius 2 is 2.11 bits per heavy atom. The van der Waals surface area contributed by atoms with Crippen LogP contribution in [0.15, 0.2) is 29.6 Å². The van der Waals surface area contributed by atoms with E-state index in [1.807, 2.05) is 0 Å². The molecule has 1 aromatic heterocycles. The topological polar surface area (TPSA) is 98.9 Å². The highest BCUT2D eigenvalue weighted by atomic mass is 35.5. The number of urea groups is 1. The Balaban J connectivity index is 2.28. The predicted octanol–water partition coefficient (Wildman–Crippen LogP) is 4.01. The second kappa shape index (κ2) is 7.37. The summed E-state index contributed by atoms with van der Waals surface area (Å²) in [5.74, 6) is -1.85. The van der Waals surface area contributed by atoms with Crippen LogP contribution in [0, 0.1) is 5.82 Å². The number of amides is 3. The largest absolute Gasteiger partial charge is 0.513 e. The Kier molecular flexibility index (Phi) is 5.15. The molecule has 27 heavy (non-hydrogen) atoms. The summed E-state index contributed by atoms with van der Waals surface area (Å²) in [6, 6.07) is 4.27. The van der Waals surface area contributed by atoms with Crippen LogP contribution in [0.25, 0.3) is 11.3 Å². The average molecular weight is 411 g/mol. The number of benzene rings is 1. The molecule has 3 amide bonds. The van der Waals surface area contributed by atoms with Crippen molar-refractivity contribution in [3.05, 3.63) is 50.9 Å². The normalized spacial score (nSPS) is 14.8. The molecule has 2 heterocycles. The molecule has 0 unspecified atom stereocenters. The Bertz CT molecular complexity index is 974. The molecule has 7 nitrogen and oxygen atoms in total. The molecular weight excluding hydrogens is 399 g/mol. The molecule has 0 bridgehead atoms. The van der Waals surface area contributed by atoms with Crippen LogP contribution in [0.5, 0.6) is 0 Å². The van der Waals surface area contributed by atoms with Crippen molar-refractivity contribution in [3.63, 3.8) is 0 Å². The number of primary amides is 1. The monoisotopic (exact) mass is 410 g/mol. The maximum Gasteiger partial charge on any atom is 0.513 e. The Morgan fingerprint density at radius 1 is 1.37 bits per heavy atom. The smallest absolute Gasteiger partial charge is 0.434 e. The number of carbonyl (C=O) groups is 3. The average Bonchev–Trinajstić information content (AvgIpc) is 3.20. The number of rotatable bonds is 3. The number of halogens is 2. The van der Waals surface area contributed by atoms with Gasteiger partial charge < -0.3 is 15.2 Å². The fraction of sp³-hybridized carbons (Fsp3) is 0.118. The molecule has 3 rings (SSSR count). The number of ether oxygens (including phenoxy) is 2. The van der Waals surface area contributed by atoms with Gasteiger partial charge >= 0.3 is 12.2 Å². The standard InChI is InChI=1S/C17H12ClFN2O5S/c1-2-25-17(24)26-14(12-4-3-5-27-12)13-8-6-10(19)9(18)7-11(8)21(15(13)22)16(20)23/h3-7H,2H2,1H3,(H2,20,23)/b14-13-. The van der Waals surface area contributed by atoms with Gasteiger partial charge in [-0.1, -0.05) is 17.7 Å². The van der Waals surface area contributed by atoms with E-state index in [4.69, 9.17) is 26.8 Å². The molecule has 140 valence electrons. The van der Waals surface area contributed by atoms with Gasteiger partial charge in [0.15, 0.2) is 5.76 Å². The number of nitrogens with two attached hydrogens (primary N) is 1. The van der Waals surface area contributed by atoms with Gasteiger partial charge in [0.25, 0.3) is 5.91 Å². The first-order valence-electron chi connectivity index (χ1n) is 7.61. The van der Waals surface area contributed by atoms with Crippen LogP contribution < -0.4 is 10.6 Å². The van der Waals surface area contributed by atoms with Gasteiger partial charge in [-0.25, -0.2) is 18.9 Å². The van der Waals surface area contributed by atoms with Crippen molar-refractivity contribution >= 4 is 58.1 Å². The van der Waals surface area contributed by atoms with Gasteiger partial charge in [-0.05, 0) is 30.5 Å². The minimum Gasteiger partial charge on any atom is -0.434 e. The lowest BCUT2D eigenvalue weighted by Gasteiger charge is -2.12. The zero-order valence-corrected chi connectivity index (χ0v) is 15.4. The van der Waals surface area contributed by atoms with Gasteiger partial charge in [-0.15, -0.1) is 11.3 Å². The fourth-order valence-corrected chi connectivity index (χ4v) is 3.43. The van der Waals surface area contributed by atoms with Crippen molar-refractivity contribution in [2.45, 2.75) is 6.92 Å². The number of carbonyl (C=O) groups excluding carboxylic acids is 3. The number of imide groups is 1. The van der Waals surface area contributed by atoms with Gasteiger partial charge in [0.1, 0.15) is 5.82 Å². The SMILES string of the molecule is CCOC(=O)O/C(=C1\C(=O)N(C(N)=O)c2cc(Cl)c(F)cc21)c1cccs1. The molecule has 0 atom stereocenters. The minimum absolute atomic E-state index is 0.00425. The maximum absolute atomic E-state index is 14.1. The molecule has 2 N–H and O–H groups in total. The summed E-state index contributed by atoms with van der Waals surface area (Å²) in [4.78, 5) is 37.6. The van der Waals surface area contributed by atoms with E-state index in [1.54, 1.807) is 24.4 Å². The summed E-state index contributed by atoms with van der Waals surface area (Å²) in [6.45, 7) is 1.63. The number of hydrogen-bond acceptors (Lipinski definition) is 6. The number of hydrogen-bond donors (Lipinski definition) is 1. The first-order chi connectivity index (χ1) is 12.8. The Morgan fingerprint density at radius 3 is 2.70 bits per heavy atom. The molecule has 0 fully saturated rings. The molecule has 0 saturated carbocycles. The van der Waals surface area contributed by atoms with Crippen LogP contribution in [-0.2, 0) is 14.3 Å². The van der Waals surface area contributed by atoms with E-state index >= 15 is 0 Å². The Labute approximate surface area is 161 Å². The highest BCUT2D eigenvalue weighted by molar-refractivity contribution is 7.11. The van der Waals surface area contributed by atoms with E-state index in [0.717, 1.165) is 12.1 Å². The van der Waals surface area contributed by atoms with Crippen LogP contribution in [0.3, 0.4) is 0 Å². The van der Waals surface area contributed by atoms with E-state index in [0.29, 0.717) is 9.78 Å². The third kappa shape index (κ3) is 3.38. The maximum atomic E-state index is 14.1. The molecule has 0 radical (unpaired) electrons. The zero-order chi connectivity index (χ0) is 19.7. The number of fused-ring (bicyclic) bond motifs is 1. The van der Waals surface area contributed by atoms with E-state index in [2.05, 4.69) is 0 Å². The summed E-state index contributed by atoms with van der Waals surface area (Å²) in [7, 11) is 0. The third-order valence-corrected chi connectivity index (χ3v) is 4.76. The fourth-order valence-electron chi connectivity index (χ4n) is 2.56. The van der Waals surface area contributed by atoms with Gasteiger partial charge in [0, 0.05) is 5.56 Å². The summed E-state index contributed by atoms with van der Waals surface area (Å²) >= 11 is 6.95. The van der Waals surface area contributed by atoms with Gasteiger partial charge in [0.05, 0.1) is 27.8 Å². The van der Waals surface area contributed by atoms with Crippen LogP contribution in [-0.4, -0.2) is 24.7 Å². The second-order valence-corrected chi connectivity index (χ2v) is 6.58. The quantitative estimate of drug-likeness (QED) is 0.468. The molecule has 10 heteroatoms. The molecule has 0 saturated heterocycles. The number of thiophene rings is 1. The van der Waals surface area contributed by atoms with Gasteiger partial charge in [-0.2, -0.15) is 0 Å². The highest BCUT2D eigenvalue weighted by Gasteiger charge is 2.40.